The maximum absolute atomic E-state index is 10.6. The molecule has 0 aliphatic rings. The van der Waals surface area contributed by atoms with Gasteiger partial charge in [-0.15, -0.1) is 0 Å². The minimum Gasteiger partial charge on any atom is -0.388 e. The van der Waals surface area contributed by atoms with Crippen molar-refractivity contribution in [3.63, 3.8) is 0 Å². The lowest BCUT2D eigenvalue weighted by Crippen LogP contribution is -2.23. The molecule has 0 amide bonds. The van der Waals surface area contributed by atoms with Crippen LogP contribution < -0.4 is 5.32 Å². The predicted molar refractivity (Wildman–Crippen MR) is 82.3 cm³/mol. The summed E-state index contributed by atoms with van der Waals surface area (Å²) in [7, 11) is 1.85. The van der Waals surface area contributed by atoms with E-state index in [9.17, 15) is 5.11 Å². The Morgan fingerprint density at radius 1 is 1.10 bits per heavy atom. The van der Waals surface area contributed by atoms with E-state index in [1.54, 1.807) is 24.5 Å². The average molecular weight is 311 g/mol. The van der Waals surface area contributed by atoms with Crippen molar-refractivity contribution in [2.24, 2.45) is 0 Å². The molecular formula is C15H16Cl2N2O. The van der Waals surface area contributed by atoms with E-state index in [1.165, 1.54) is 0 Å². The Kier molecular flexibility index (Phi) is 5.38. The van der Waals surface area contributed by atoms with Gasteiger partial charge in [0.05, 0.1) is 16.1 Å². The van der Waals surface area contributed by atoms with Gasteiger partial charge in [0.2, 0.25) is 0 Å². The van der Waals surface area contributed by atoms with Crippen LogP contribution in [0.4, 0.5) is 0 Å². The van der Waals surface area contributed by atoms with Crippen molar-refractivity contribution in [3.8, 4) is 0 Å². The number of aliphatic hydroxyl groups is 1. The van der Waals surface area contributed by atoms with E-state index in [1.807, 2.05) is 25.2 Å². The van der Waals surface area contributed by atoms with Crippen molar-refractivity contribution in [2.45, 2.75) is 12.0 Å². The molecule has 0 aliphatic heterocycles. The molecule has 2 rings (SSSR count). The van der Waals surface area contributed by atoms with Crippen LogP contribution in [0, 0.1) is 0 Å². The normalized spacial score (nSPS) is 14.0. The van der Waals surface area contributed by atoms with E-state index >= 15 is 0 Å². The molecule has 2 N–H and O–H groups in total. The third-order valence-electron chi connectivity index (χ3n) is 3.22. The number of aromatic nitrogens is 1. The van der Waals surface area contributed by atoms with Crippen molar-refractivity contribution in [1.29, 1.82) is 0 Å². The smallest absolute Gasteiger partial charge is 0.0871 e. The molecule has 0 radical (unpaired) electrons. The standard InChI is InChI=1S/C15H16Cl2N2O/c1-18-9-12(11-2-3-13(16)14(17)8-11)15(20)10-4-6-19-7-5-10/h2-8,12,15,18,20H,9H2,1H3/t12?,15-/m1/s1. The minimum absolute atomic E-state index is 0.114. The van der Waals surface area contributed by atoms with Crippen LogP contribution in [0.1, 0.15) is 23.1 Å². The summed E-state index contributed by atoms with van der Waals surface area (Å²) in [5.74, 6) is -0.114. The second-order valence-electron chi connectivity index (χ2n) is 4.56. The molecule has 1 heterocycles. The topological polar surface area (TPSA) is 45.1 Å². The first kappa shape index (κ1) is 15.3. The van der Waals surface area contributed by atoms with Crippen LogP contribution in [0.25, 0.3) is 0 Å². The second-order valence-corrected chi connectivity index (χ2v) is 5.38. The zero-order valence-corrected chi connectivity index (χ0v) is 12.6. The second kappa shape index (κ2) is 7.04. The first-order valence-corrected chi connectivity index (χ1v) is 7.06. The van der Waals surface area contributed by atoms with Crippen molar-refractivity contribution in [3.05, 3.63) is 63.9 Å². The van der Waals surface area contributed by atoms with Crippen LogP contribution in [-0.2, 0) is 0 Å². The lowest BCUT2D eigenvalue weighted by atomic mass is 9.89. The molecule has 0 bridgehead atoms. The Bertz CT molecular complexity index is 563. The predicted octanol–water partition coefficient (Wildman–Crippen LogP) is 3.43. The summed E-state index contributed by atoms with van der Waals surface area (Å²) in [6, 6.07) is 9.06. The zero-order valence-electron chi connectivity index (χ0n) is 11.1. The van der Waals surface area contributed by atoms with E-state index in [0.717, 1.165) is 11.1 Å². The maximum Gasteiger partial charge on any atom is 0.0871 e. The number of hydrogen-bond acceptors (Lipinski definition) is 3. The summed E-state index contributed by atoms with van der Waals surface area (Å²) in [5, 5.41) is 14.7. The molecule has 1 aromatic carbocycles. The Balaban J connectivity index is 2.33. The number of rotatable bonds is 5. The monoisotopic (exact) mass is 310 g/mol. The van der Waals surface area contributed by atoms with Gasteiger partial charge in [-0.05, 0) is 42.4 Å². The molecule has 2 atom stereocenters. The summed E-state index contributed by atoms with van der Waals surface area (Å²) in [4.78, 5) is 3.97. The van der Waals surface area contributed by atoms with Crippen LogP contribution in [0.15, 0.2) is 42.7 Å². The van der Waals surface area contributed by atoms with Gasteiger partial charge in [0, 0.05) is 24.9 Å². The number of halogens is 2. The molecule has 1 unspecified atom stereocenters. The highest BCUT2D eigenvalue weighted by molar-refractivity contribution is 6.42. The molecular weight excluding hydrogens is 295 g/mol. The lowest BCUT2D eigenvalue weighted by Gasteiger charge is -2.24. The number of benzene rings is 1. The lowest BCUT2D eigenvalue weighted by molar-refractivity contribution is 0.144. The fraction of sp³-hybridized carbons (Fsp3) is 0.267. The maximum atomic E-state index is 10.6. The largest absolute Gasteiger partial charge is 0.388 e. The van der Waals surface area contributed by atoms with Gasteiger partial charge in [0.25, 0.3) is 0 Å². The Morgan fingerprint density at radius 3 is 2.40 bits per heavy atom. The fourth-order valence-corrected chi connectivity index (χ4v) is 2.47. The quantitative estimate of drug-likeness (QED) is 0.889. The minimum atomic E-state index is -0.636. The van der Waals surface area contributed by atoms with Gasteiger partial charge in [-0.3, -0.25) is 4.98 Å². The Labute approximate surface area is 128 Å². The van der Waals surface area contributed by atoms with E-state index < -0.39 is 6.10 Å². The zero-order chi connectivity index (χ0) is 14.5. The van der Waals surface area contributed by atoms with Gasteiger partial charge in [-0.1, -0.05) is 29.3 Å². The first-order chi connectivity index (χ1) is 9.63. The molecule has 0 aliphatic carbocycles. The van der Waals surface area contributed by atoms with Crippen molar-refractivity contribution in [2.75, 3.05) is 13.6 Å². The van der Waals surface area contributed by atoms with Crippen molar-refractivity contribution >= 4 is 23.2 Å². The van der Waals surface area contributed by atoms with Crippen molar-refractivity contribution in [1.82, 2.24) is 10.3 Å². The van der Waals surface area contributed by atoms with E-state index in [4.69, 9.17) is 23.2 Å². The van der Waals surface area contributed by atoms with Gasteiger partial charge in [0.15, 0.2) is 0 Å². The molecule has 1 aromatic heterocycles. The molecule has 106 valence electrons. The number of pyridine rings is 1. The highest BCUT2D eigenvalue weighted by Gasteiger charge is 2.22. The van der Waals surface area contributed by atoms with Crippen molar-refractivity contribution < 1.29 is 5.11 Å². The Morgan fingerprint density at radius 2 is 1.80 bits per heavy atom. The fourth-order valence-electron chi connectivity index (χ4n) is 2.17. The first-order valence-electron chi connectivity index (χ1n) is 6.31. The van der Waals surface area contributed by atoms with Gasteiger partial charge >= 0.3 is 0 Å². The number of aliphatic hydroxyl groups excluding tert-OH is 1. The van der Waals surface area contributed by atoms with Crippen LogP contribution in [-0.4, -0.2) is 23.7 Å². The summed E-state index contributed by atoms with van der Waals surface area (Å²) in [6.45, 7) is 0.626. The molecule has 0 saturated carbocycles. The summed E-state index contributed by atoms with van der Waals surface area (Å²) in [5.41, 5.74) is 1.77. The third kappa shape index (κ3) is 3.49. The van der Waals surface area contributed by atoms with Gasteiger partial charge in [-0.2, -0.15) is 0 Å². The molecule has 0 spiro atoms. The van der Waals surface area contributed by atoms with Gasteiger partial charge < -0.3 is 10.4 Å². The third-order valence-corrected chi connectivity index (χ3v) is 3.96. The van der Waals surface area contributed by atoms with E-state index in [-0.39, 0.29) is 5.92 Å². The van der Waals surface area contributed by atoms with Crippen LogP contribution >= 0.6 is 23.2 Å². The van der Waals surface area contributed by atoms with E-state index in [0.29, 0.717) is 16.6 Å². The number of likely N-dealkylation sites (N-methyl/N-ethyl adjacent to an activating group) is 1. The van der Waals surface area contributed by atoms with Gasteiger partial charge in [0.1, 0.15) is 0 Å². The Hall–Kier alpha value is -1.13. The molecule has 3 nitrogen and oxygen atoms in total. The number of nitrogens with one attached hydrogen (secondary N) is 1. The van der Waals surface area contributed by atoms with Gasteiger partial charge in [-0.25, -0.2) is 0 Å². The molecule has 20 heavy (non-hydrogen) atoms. The number of hydrogen-bond donors (Lipinski definition) is 2. The van der Waals surface area contributed by atoms with E-state index in [2.05, 4.69) is 10.3 Å². The average Bonchev–Trinajstić information content (AvgIpc) is 2.48. The van der Waals surface area contributed by atoms with Crippen LogP contribution in [0.5, 0.6) is 0 Å². The summed E-state index contributed by atoms with van der Waals surface area (Å²) in [6.07, 6.45) is 2.70. The van der Waals surface area contributed by atoms with Crippen LogP contribution in [0.3, 0.4) is 0 Å². The molecule has 0 fully saturated rings. The summed E-state index contributed by atoms with van der Waals surface area (Å²) >= 11 is 12.0. The summed E-state index contributed by atoms with van der Waals surface area (Å²) < 4.78 is 0. The highest BCUT2D eigenvalue weighted by atomic mass is 35.5. The molecule has 2 aromatic rings. The molecule has 5 heteroatoms. The van der Waals surface area contributed by atoms with Crippen LogP contribution in [0.2, 0.25) is 10.0 Å². The SMILES string of the molecule is CNCC(c1ccc(Cl)c(Cl)c1)[C@H](O)c1ccncc1. The number of nitrogens with zero attached hydrogens (tertiary/aromatic N) is 1. The molecule has 0 saturated heterocycles. The highest BCUT2D eigenvalue weighted by Crippen LogP contribution is 2.33.